The molecule has 5 nitrogen and oxygen atoms in total. The second-order valence-corrected chi connectivity index (χ2v) is 4.79. The van der Waals surface area contributed by atoms with E-state index in [-0.39, 0.29) is 0 Å². The Morgan fingerprint density at radius 2 is 2.20 bits per heavy atom. The molecular weight excluding hydrogens is 252 g/mol. The van der Waals surface area contributed by atoms with Crippen molar-refractivity contribution in [1.29, 1.82) is 0 Å². The van der Waals surface area contributed by atoms with Gasteiger partial charge in [-0.3, -0.25) is 4.98 Å². The van der Waals surface area contributed by atoms with E-state index in [9.17, 15) is 0 Å². The molecule has 2 aromatic rings. The van der Waals surface area contributed by atoms with Gasteiger partial charge in [-0.15, -0.1) is 0 Å². The number of imidazole rings is 1. The fraction of sp³-hybridized carbons (Fsp3) is 0.467. The van der Waals surface area contributed by atoms with E-state index in [4.69, 9.17) is 4.74 Å². The summed E-state index contributed by atoms with van der Waals surface area (Å²) in [5.74, 6) is 1.87. The summed E-state index contributed by atoms with van der Waals surface area (Å²) in [5.41, 5.74) is 1.95. The average Bonchev–Trinajstić information content (AvgIpc) is 2.86. The maximum atomic E-state index is 5.29. The van der Waals surface area contributed by atoms with E-state index in [1.165, 1.54) is 0 Å². The van der Waals surface area contributed by atoms with Crippen molar-refractivity contribution < 1.29 is 4.74 Å². The number of rotatable bonds is 7. The molecule has 0 saturated carbocycles. The van der Waals surface area contributed by atoms with Crippen LogP contribution in [0, 0.1) is 6.92 Å². The van der Waals surface area contributed by atoms with Crippen molar-refractivity contribution in [3.63, 3.8) is 0 Å². The molecule has 0 atom stereocenters. The molecule has 0 amide bonds. The highest BCUT2D eigenvalue weighted by atomic mass is 16.5. The van der Waals surface area contributed by atoms with E-state index in [0.717, 1.165) is 42.5 Å². The van der Waals surface area contributed by atoms with Crippen molar-refractivity contribution in [3.05, 3.63) is 41.7 Å². The lowest BCUT2D eigenvalue weighted by Gasteiger charge is -2.10. The number of nitrogens with zero attached hydrogens (tertiary/aromatic N) is 3. The molecule has 0 aliphatic carbocycles. The summed E-state index contributed by atoms with van der Waals surface area (Å²) >= 11 is 0. The molecule has 2 heterocycles. The third kappa shape index (κ3) is 3.81. The lowest BCUT2D eigenvalue weighted by Crippen LogP contribution is -2.18. The molecule has 0 unspecified atom stereocenters. The first-order valence-electron chi connectivity index (χ1n) is 6.95. The van der Waals surface area contributed by atoms with E-state index in [1.807, 2.05) is 31.5 Å². The summed E-state index contributed by atoms with van der Waals surface area (Å²) in [6.45, 7) is 6.63. The van der Waals surface area contributed by atoms with Crippen molar-refractivity contribution in [2.24, 2.45) is 0 Å². The van der Waals surface area contributed by atoms with E-state index >= 15 is 0 Å². The summed E-state index contributed by atoms with van der Waals surface area (Å²) < 4.78 is 7.40. The summed E-state index contributed by atoms with van der Waals surface area (Å²) in [5, 5.41) is 3.37. The number of hydrogen-bond donors (Lipinski definition) is 1. The van der Waals surface area contributed by atoms with Crippen molar-refractivity contribution in [1.82, 2.24) is 19.9 Å². The first kappa shape index (κ1) is 14.5. The Morgan fingerprint density at radius 3 is 2.95 bits per heavy atom. The number of pyridine rings is 1. The predicted molar refractivity (Wildman–Crippen MR) is 78.9 cm³/mol. The van der Waals surface area contributed by atoms with E-state index in [2.05, 4.69) is 26.8 Å². The summed E-state index contributed by atoms with van der Waals surface area (Å²) in [7, 11) is 1.68. The Balaban J connectivity index is 2.10. The summed E-state index contributed by atoms with van der Waals surface area (Å²) in [6, 6.07) is 3.90. The van der Waals surface area contributed by atoms with E-state index < -0.39 is 0 Å². The van der Waals surface area contributed by atoms with Crippen LogP contribution in [0.25, 0.3) is 0 Å². The van der Waals surface area contributed by atoms with Gasteiger partial charge in [-0.25, -0.2) is 4.98 Å². The maximum absolute atomic E-state index is 5.29. The predicted octanol–water partition coefficient (Wildman–Crippen LogP) is 2.14. The molecule has 0 radical (unpaired) electrons. The average molecular weight is 274 g/mol. The zero-order chi connectivity index (χ0) is 14.4. The van der Waals surface area contributed by atoms with Crippen molar-refractivity contribution in [2.75, 3.05) is 13.7 Å². The van der Waals surface area contributed by atoms with Gasteiger partial charge in [-0.05, 0) is 19.9 Å². The molecule has 1 N–H and O–H groups in total. The van der Waals surface area contributed by atoms with E-state index in [0.29, 0.717) is 6.54 Å². The standard InChI is InChI=1S/C15H22N4O/c1-4-5-16-10-15-17-6-7-19(15)11-13-9-14(20-3)8-12(2)18-13/h6-9,16H,4-5,10-11H2,1-3H3. The van der Waals surface area contributed by atoms with Gasteiger partial charge in [0.15, 0.2) is 0 Å². The van der Waals surface area contributed by atoms with Crippen LogP contribution in [-0.4, -0.2) is 28.2 Å². The zero-order valence-electron chi connectivity index (χ0n) is 12.4. The van der Waals surface area contributed by atoms with Crippen LogP contribution in [0.1, 0.15) is 30.6 Å². The van der Waals surface area contributed by atoms with Gasteiger partial charge in [0.05, 0.1) is 25.9 Å². The Kier molecular flexibility index (Phi) is 5.12. The number of hydrogen-bond acceptors (Lipinski definition) is 4. The topological polar surface area (TPSA) is 52.0 Å². The molecule has 20 heavy (non-hydrogen) atoms. The van der Waals surface area contributed by atoms with Crippen LogP contribution < -0.4 is 10.1 Å². The van der Waals surface area contributed by atoms with Crippen LogP contribution in [0.3, 0.4) is 0 Å². The van der Waals surface area contributed by atoms with Gasteiger partial charge < -0.3 is 14.6 Å². The van der Waals surface area contributed by atoms with Gasteiger partial charge >= 0.3 is 0 Å². The van der Waals surface area contributed by atoms with Crippen molar-refractivity contribution >= 4 is 0 Å². The number of nitrogens with one attached hydrogen (secondary N) is 1. The van der Waals surface area contributed by atoms with Crippen molar-refractivity contribution in [2.45, 2.75) is 33.4 Å². The van der Waals surface area contributed by atoms with Gasteiger partial charge in [-0.2, -0.15) is 0 Å². The summed E-state index contributed by atoms with van der Waals surface area (Å²) in [6.07, 6.45) is 4.94. The Morgan fingerprint density at radius 1 is 1.35 bits per heavy atom. The van der Waals surface area contributed by atoms with Crippen LogP contribution >= 0.6 is 0 Å². The lowest BCUT2D eigenvalue weighted by atomic mass is 10.3. The second kappa shape index (κ2) is 7.05. The molecule has 2 aromatic heterocycles. The summed E-state index contributed by atoms with van der Waals surface area (Å²) in [4.78, 5) is 8.94. The number of aryl methyl sites for hydroxylation is 1. The fourth-order valence-electron chi connectivity index (χ4n) is 2.10. The minimum atomic E-state index is 0.710. The molecule has 2 rings (SSSR count). The number of methoxy groups -OCH3 is 1. The third-order valence-electron chi connectivity index (χ3n) is 3.06. The molecule has 108 valence electrons. The van der Waals surface area contributed by atoms with Crippen molar-refractivity contribution in [3.8, 4) is 5.75 Å². The highest BCUT2D eigenvalue weighted by Crippen LogP contribution is 2.14. The van der Waals surface area contributed by atoms with Gasteiger partial charge in [0.1, 0.15) is 11.6 Å². The molecule has 0 aliphatic rings. The molecular formula is C15H22N4O. The SMILES string of the molecule is CCCNCc1nccn1Cc1cc(OC)cc(C)n1. The first-order chi connectivity index (χ1) is 9.72. The van der Waals surface area contributed by atoms with Gasteiger partial charge in [0, 0.05) is 30.2 Å². The molecule has 5 heteroatoms. The normalized spacial score (nSPS) is 10.8. The van der Waals surface area contributed by atoms with Crippen LogP contribution in [0.4, 0.5) is 0 Å². The third-order valence-corrected chi connectivity index (χ3v) is 3.06. The second-order valence-electron chi connectivity index (χ2n) is 4.79. The Labute approximate surface area is 120 Å². The smallest absolute Gasteiger partial charge is 0.123 e. The number of ether oxygens (including phenoxy) is 1. The first-order valence-corrected chi connectivity index (χ1v) is 6.95. The molecule has 0 fully saturated rings. The lowest BCUT2D eigenvalue weighted by molar-refractivity contribution is 0.412. The van der Waals surface area contributed by atoms with Gasteiger partial charge in [0.25, 0.3) is 0 Å². The highest BCUT2D eigenvalue weighted by Gasteiger charge is 2.06. The minimum absolute atomic E-state index is 0.710. The van der Waals surface area contributed by atoms with Crippen LogP contribution in [0.15, 0.2) is 24.5 Å². The molecule has 0 aliphatic heterocycles. The van der Waals surface area contributed by atoms with Crippen LogP contribution in [0.2, 0.25) is 0 Å². The van der Waals surface area contributed by atoms with E-state index in [1.54, 1.807) is 7.11 Å². The van der Waals surface area contributed by atoms with Gasteiger partial charge in [0.2, 0.25) is 0 Å². The maximum Gasteiger partial charge on any atom is 0.123 e. The fourth-order valence-corrected chi connectivity index (χ4v) is 2.10. The number of aromatic nitrogens is 3. The molecule has 0 spiro atoms. The Bertz CT molecular complexity index is 551. The molecule has 0 aromatic carbocycles. The van der Waals surface area contributed by atoms with Crippen LogP contribution in [0.5, 0.6) is 5.75 Å². The zero-order valence-corrected chi connectivity index (χ0v) is 12.4. The van der Waals surface area contributed by atoms with Gasteiger partial charge in [-0.1, -0.05) is 6.92 Å². The highest BCUT2D eigenvalue weighted by molar-refractivity contribution is 5.27. The molecule has 0 bridgehead atoms. The monoisotopic (exact) mass is 274 g/mol. The minimum Gasteiger partial charge on any atom is -0.497 e. The quantitative estimate of drug-likeness (QED) is 0.786. The van der Waals surface area contributed by atoms with Crippen LogP contribution in [-0.2, 0) is 13.1 Å². The Hall–Kier alpha value is -1.88. The molecule has 0 saturated heterocycles. The largest absolute Gasteiger partial charge is 0.497 e.